The molecule has 1 aromatic heterocycles. The zero-order chi connectivity index (χ0) is 30.3. The number of rotatable bonds is 9. The molecule has 2 atom stereocenters. The van der Waals surface area contributed by atoms with E-state index < -0.39 is 41.3 Å². The van der Waals surface area contributed by atoms with E-state index in [1.54, 1.807) is 0 Å². The molecule has 5 rings (SSSR count). The van der Waals surface area contributed by atoms with E-state index in [4.69, 9.17) is 19.7 Å². The molecule has 1 saturated carbocycles. The number of halogens is 4. The molecule has 14 heteroatoms. The van der Waals surface area contributed by atoms with Gasteiger partial charge in [-0.25, -0.2) is 9.37 Å². The molecule has 1 aliphatic carbocycles. The summed E-state index contributed by atoms with van der Waals surface area (Å²) < 4.78 is 74.0. The number of alkyl halides is 3. The zero-order valence-corrected chi connectivity index (χ0v) is 22.4. The van der Waals surface area contributed by atoms with Gasteiger partial charge in [-0.05, 0) is 73.8 Å². The van der Waals surface area contributed by atoms with Crippen LogP contribution < -0.4 is 19.5 Å². The predicted molar refractivity (Wildman–Crippen MR) is 141 cm³/mol. The summed E-state index contributed by atoms with van der Waals surface area (Å²) in [6.45, 7) is -0.0733. The maximum Gasteiger partial charge on any atom is 0.424 e. The summed E-state index contributed by atoms with van der Waals surface area (Å²) in [5.41, 5.74) is 3.15. The lowest BCUT2D eigenvalue weighted by Gasteiger charge is -2.31. The van der Waals surface area contributed by atoms with Gasteiger partial charge in [0.1, 0.15) is 29.4 Å². The number of nitrogens with zero attached hydrogens (tertiary/aromatic N) is 4. The molecule has 1 amide bonds. The van der Waals surface area contributed by atoms with Crippen molar-refractivity contribution < 1.29 is 41.7 Å². The highest BCUT2D eigenvalue weighted by atomic mass is 19.4. The van der Waals surface area contributed by atoms with Crippen LogP contribution in [0.15, 0.2) is 53.6 Å². The molecule has 2 aliphatic rings. The van der Waals surface area contributed by atoms with Crippen molar-refractivity contribution in [2.75, 3.05) is 20.3 Å². The molecular formula is C28H25F4N5O5. The first-order valence-corrected chi connectivity index (χ1v) is 12.8. The van der Waals surface area contributed by atoms with Crippen LogP contribution >= 0.6 is 0 Å². The average Bonchev–Trinajstić information content (AvgIpc) is 3.72. The van der Waals surface area contributed by atoms with Crippen LogP contribution in [0.2, 0.25) is 0 Å². The Bertz CT molecular complexity index is 1570. The van der Waals surface area contributed by atoms with Crippen molar-refractivity contribution in [3.63, 3.8) is 0 Å². The number of hydrogen-bond donors (Lipinski definition) is 2. The van der Waals surface area contributed by atoms with E-state index in [0.717, 1.165) is 31.0 Å². The molecule has 2 aromatic carbocycles. The van der Waals surface area contributed by atoms with Crippen molar-refractivity contribution in [2.24, 2.45) is 5.11 Å². The summed E-state index contributed by atoms with van der Waals surface area (Å²) in [5, 5.41) is 17.0. The highest BCUT2D eigenvalue weighted by Gasteiger charge is 2.57. The topological polar surface area (TPSA) is 139 Å². The van der Waals surface area contributed by atoms with Gasteiger partial charge >= 0.3 is 6.18 Å². The Morgan fingerprint density at radius 1 is 1.21 bits per heavy atom. The van der Waals surface area contributed by atoms with Gasteiger partial charge in [-0.2, -0.15) is 13.2 Å². The standard InChI is InChI=1S/C28H25F4N5O5/c1-26(36-37-33)14-41-24-19(26)12-22(35-23(24)15-3-6-17(29)7-4-15)27(39,28(30,31)32)13-34-25(38)16-5-10-20(21(11-16)40-2)42-18-8-9-18/h3-7,10-12,18,39H,8-9,13-14H2,1-2H3,(H,34,38)/t26-,27?/m0/s1. The van der Waals surface area contributed by atoms with Crippen molar-refractivity contribution in [2.45, 2.75) is 43.2 Å². The fraction of sp³-hybridized carbons (Fsp3) is 0.357. The van der Waals surface area contributed by atoms with Gasteiger partial charge in [0, 0.05) is 21.6 Å². The van der Waals surface area contributed by atoms with E-state index in [1.165, 1.54) is 44.4 Å². The Morgan fingerprint density at radius 2 is 1.93 bits per heavy atom. The molecule has 1 fully saturated rings. The number of carbonyl (C=O) groups is 1. The summed E-state index contributed by atoms with van der Waals surface area (Å²) in [5.74, 6) is -0.873. The van der Waals surface area contributed by atoms with Crippen molar-refractivity contribution in [3.05, 3.63) is 81.6 Å². The number of aliphatic hydroxyl groups is 1. The number of carbonyl (C=O) groups excluding carboxylic acids is 1. The molecule has 0 spiro atoms. The summed E-state index contributed by atoms with van der Waals surface area (Å²) in [4.78, 5) is 19.8. The second kappa shape index (κ2) is 10.7. The molecule has 3 aromatic rings. The maximum atomic E-state index is 14.6. The Hall–Kier alpha value is -4.55. The van der Waals surface area contributed by atoms with E-state index >= 15 is 0 Å². The molecule has 1 aliphatic heterocycles. The second-order valence-electron chi connectivity index (χ2n) is 10.2. The Labute approximate surface area is 236 Å². The number of fused-ring (bicyclic) bond motifs is 1. The summed E-state index contributed by atoms with van der Waals surface area (Å²) in [6.07, 6.45) is -3.51. The summed E-state index contributed by atoms with van der Waals surface area (Å²) in [7, 11) is 1.37. The number of ether oxygens (including phenoxy) is 3. The number of pyridine rings is 1. The average molecular weight is 588 g/mol. The first-order valence-electron chi connectivity index (χ1n) is 12.8. The van der Waals surface area contributed by atoms with E-state index in [1.807, 2.05) is 0 Å². The fourth-order valence-corrected chi connectivity index (χ4v) is 4.48. The van der Waals surface area contributed by atoms with Gasteiger partial charge in [0.2, 0.25) is 5.60 Å². The number of nitrogens with one attached hydrogen (secondary N) is 1. The van der Waals surface area contributed by atoms with Crippen LogP contribution in [0.4, 0.5) is 17.6 Å². The third-order valence-electron chi connectivity index (χ3n) is 7.08. The number of benzene rings is 2. The monoisotopic (exact) mass is 587 g/mol. The van der Waals surface area contributed by atoms with E-state index in [2.05, 4.69) is 20.3 Å². The molecule has 1 unspecified atom stereocenters. The lowest BCUT2D eigenvalue weighted by molar-refractivity contribution is -0.265. The normalized spacial score (nSPS) is 19.1. The minimum atomic E-state index is -5.32. The van der Waals surface area contributed by atoms with Crippen LogP contribution in [-0.2, 0) is 11.1 Å². The van der Waals surface area contributed by atoms with Crippen LogP contribution in [-0.4, -0.2) is 48.5 Å². The lowest BCUT2D eigenvalue weighted by atomic mass is 9.89. The van der Waals surface area contributed by atoms with Crippen LogP contribution in [0, 0.1) is 5.82 Å². The van der Waals surface area contributed by atoms with Gasteiger partial charge in [0.25, 0.3) is 5.91 Å². The summed E-state index contributed by atoms with van der Waals surface area (Å²) >= 11 is 0. The molecule has 10 nitrogen and oxygen atoms in total. The van der Waals surface area contributed by atoms with Crippen LogP contribution in [0.25, 0.3) is 21.7 Å². The molecule has 42 heavy (non-hydrogen) atoms. The number of hydrogen-bond acceptors (Lipinski definition) is 7. The van der Waals surface area contributed by atoms with Crippen LogP contribution in [0.5, 0.6) is 17.2 Å². The van der Waals surface area contributed by atoms with Crippen LogP contribution in [0.1, 0.15) is 41.4 Å². The Morgan fingerprint density at radius 3 is 2.55 bits per heavy atom. The SMILES string of the molecule is COc1cc(C(=O)NCC(O)(c2cc3c(c(-c4ccc(F)cc4)n2)OC[C@]3(C)N=[N+]=[N-])C(F)(F)F)ccc1OC1CC1. The number of aromatic nitrogens is 1. The first-order chi connectivity index (χ1) is 19.9. The van der Waals surface area contributed by atoms with Gasteiger partial charge in [-0.1, -0.05) is 5.11 Å². The quantitative estimate of drug-likeness (QED) is 0.146. The van der Waals surface area contributed by atoms with Crippen LogP contribution in [0.3, 0.4) is 0 Å². The number of azide groups is 1. The van der Waals surface area contributed by atoms with Gasteiger partial charge in [0.05, 0.1) is 25.5 Å². The molecule has 220 valence electrons. The highest BCUT2D eigenvalue weighted by molar-refractivity contribution is 5.95. The van der Waals surface area contributed by atoms with Gasteiger partial charge < -0.3 is 24.6 Å². The second-order valence-corrected chi connectivity index (χ2v) is 10.2. The molecule has 0 saturated heterocycles. The van der Waals surface area contributed by atoms with Gasteiger partial charge in [-0.3, -0.25) is 4.79 Å². The molecular weight excluding hydrogens is 562 g/mol. The van der Waals surface area contributed by atoms with Crippen molar-refractivity contribution in [1.82, 2.24) is 10.3 Å². The minimum Gasteiger partial charge on any atom is -0.493 e. The minimum absolute atomic E-state index is 0.0226. The smallest absolute Gasteiger partial charge is 0.424 e. The van der Waals surface area contributed by atoms with E-state index in [9.17, 15) is 27.5 Å². The molecule has 0 bridgehead atoms. The lowest BCUT2D eigenvalue weighted by Crippen LogP contribution is -2.51. The highest BCUT2D eigenvalue weighted by Crippen LogP contribution is 2.48. The Kier molecular flexibility index (Phi) is 7.37. The van der Waals surface area contributed by atoms with Crippen molar-refractivity contribution in [3.8, 4) is 28.5 Å². The van der Waals surface area contributed by atoms with E-state index in [-0.39, 0.29) is 46.6 Å². The molecule has 2 N–H and O–H groups in total. The number of methoxy groups -OCH3 is 1. The summed E-state index contributed by atoms with van der Waals surface area (Å²) in [6, 6.07) is 9.85. The largest absolute Gasteiger partial charge is 0.493 e. The predicted octanol–water partition coefficient (Wildman–Crippen LogP) is 5.54. The third kappa shape index (κ3) is 5.38. The maximum absolute atomic E-state index is 14.6. The van der Waals surface area contributed by atoms with Crippen molar-refractivity contribution >= 4 is 5.91 Å². The van der Waals surface area contributed by atoms with Crippen molar-refractivity contribution in [1.29, 1.82) is 0 Å². The zero-order valence-electron chi connectivity index (χ0n) is 22.4. The Balaban J connectivity index is 1.53. The first kappa shape index (κ1) is 29.0. The number of amides is 1. The molecule has 2 heterocycles. The van der Waals surface area contributed by atoms with E-state index in [0.29, 0.717) is 5.75 Å². The van der Waals surface area contributed by atoms with Gasteiger partial charge in [0.15, 0.2) is 11.5 Å². The third-order valence-corrected chi connectivity index (χ3v) is 7.08. The van der Waals surface area contributed by atoms with Gasteiger partial charge in [-0.15, -0.1) is 0 Å². The molecule has 0 radical (unpaired) electrons. The fourth-order valence-electron chi connectivity index (χ4n) is 4.48.